The first-order valence-corrected chi connectivity index (χ1v) is 11.4. The molecular weight excluding hydrogens is 410 g/mol. The molecule has 0 saturated carbocycles. The fraction of sp³-hybridized carbons (Fsp3) is 0.458. The summed E-state index contributed by atoms with van der Waals surface area (Å²) in [5.41, 5.74) is 6.07. The lowest BCUT2D eigenvalue weighted by Crippen LogP contribution is -2.37. The molecule has 1 unspecified atom stereocenters. The van der Waals surface area contributed by atoms with Gasteiger partial charge in [0.2, 0.25) is 5.91 Å². The smallest absolute Gasteiger partial charge is 0.220 e. The average molecular weight is 440 g/mol. The number of hydrogen-bond donors (Lipinski definition) is 1. The number of likely N-dealkylation sites (tertiary alicyclic amines) is 1. The van der Waals surface area contributed by atoms with Gasteiger partial charge in [0.1, 0.15) is 0 Å². The van der Waals surface area contributed by atoms with Gasteiger partial charge >= 0.3 is 0 Å². The van der Waals surface area contributed by atoms with Gasteiger partial charge in [-0.15, -0.1) is 0 Å². The van der Waals surface area contributed by atoms with E-state index in [2.05, 4.69) is 26.4 Å². The topological polar surface area (TPSA) is 62.5 Å². The molecule has 1 aliphatic rings. The van der Waals surface area contributed by atoms with E-state index in [4.69, 9.17) is 11.6 Å². The lowest BCUT2D eigenvalue weighted by molar-refractivity contribution is -0.121. The Morgan fingerprint density at radius 1 is 1.19 bits per heavy atom. The van der Waals surface area contributed by atoms with E-state index in [-0.39, 0.29) is 11.9 Å². The maximum absolute atomic E-state index is 12.7. The second-order valence-corrected chi connectivity index (χ2v) is 8.87. The Morgan fingerprint density at radius 3 is 2.71 bits per heavy atom. The van der Waals surface area contributed by atoms with Gasteiger partial charge in [0.05, 0.1) is 11.7 Å². The summed E-state index contributed by atoms with van der Waals surface area (Å²) in [6.07, 6.45) is 3.48. The van der Waals surface area contributed by atoms with E-state index >= 15 is 0 Å². The minimum atomic E-state index is 0.0572. The molecule has 1 atom stereocenters. The number of halogens is 1. The molecule has 0 bridgehead atoms. The maximum Gasteiger partial charge on any atom is 0.220 e. The van der Waals surface area contributed by atoms with Gasteiger partial charge in [-0.05, 0) is 76.4 Å². The van der Waals surface area contributed by atoms with Crippen molar-refractivity contribution >= 4 is 23.2 Å². The number of nitrogens with one attached hydrogen (secondary N) is 1. The molecule has 2 aromatic heterocycles. The number of aryl methyl sites for hydroxylation is 3. The zero-order chi connectivity index (χ0) is 22.0. The second kappa shape index (κ2) is 9.37. The number of carbonyl (C=O) groups excluding carboxylic acids is 1. The third-order valence-corrected chi connectivity index (χ3v) is 6.43. The molecule has 1 N–H and O–H groups in total. The van der Waals surface area contributed by atoms with Crippen molar-refractivity contribution in [1.82, 2.24) is 24.8 Å². The molecule has 0 radical (unpaired) electrons. The molecule has 0 aliphatic carbocycles. The highest BCUT2D eigenvalue weighted by Gasteiger charge is 2.24. The van der Waals surface area contributed by atoms with Gasteiger partial charge in [-0.3, -0.25) is 9.69 Å². The van der Waals surface area contributed by atoms with Crippen molar-refractivity contribution in [2.24, 2.45) is 0 Å². The Morgan fingerprint density at radius 2 is 1.97 bits per heavy atom. The standard InChI is InChI=1S/C24H30ClN5O/c1-16-13-23-27-17(2)21(18(3)30(23)28-16)9-10-24(31)26-15-22(29-11-4-5-12-29)19-7-6-8-20(25)14-19/h6-8,13-14,22H,4-5,9-12,15H2,1-3H3,(H,26,31). The number of carbonyl (C=O) groups is 1. The Balaban J connectivity index is 1.41. The van der Waals surface area contributed by atoms with Crippen LogP contribution in [0.4, 0.5) is 0 Å². The Bertz CT molecular complexity index is 1090. The molecule has 4 rings (SSSR count). The minimum absolute atomic E-state index is 0.0572. The van der Waals surface area contributed by atoms with E-state index in [1.54, 1.807) is 0 Å². The molecule has 6 nitrogen and oxygen atoms in total. The number of benzene rings is 1. The van der Waals surface area contributed by atoms with Gasteiger partial charge in [-0.2, -0.15) is 5.10 Å². The molecule has 1 fully saturated rings. The van der Waals surface area contributed by atoms with Crippen LogP contribution in [0.1, 0.15) is 53.5 Å². The number of rotatable bonds is 7. The number of hydrogen-bond acceptors (Lipinski definition) is 4. The van der Waals surface area contributed by atoms with Crippen molar-refractivity contribution in [3.8, 4) is 0 Å². The number of nitrogens with zero attached hydrogens (tertiary/aromatic N) is 4. The Labute approximate surface area is 188 Å². The fourth-order valence-corrected chi connectivity index (χ4v) is 4.76. The first-order chi connectivity index (χ1) is 14.9. The molecule has 164 valence electrons. The van der Waals surface area contributed by atoms with E-state index in [1.807, 2.05) is 49.6 Å². The molecule has 1 saturated heterocycles. The molecule has 1 aromatic carbocycles. The fourth-order valence-electron chi connectivity index (χ4n) is 4.57. The maximum atomic E-state index is 12.7. The van der Waals surface area contributed by atoms with Crippen molar-refractivity contribution in [2.45, 2.75) is 52.5 Å². The van der Waals surface area contributed by atoms with Gasteiger partial charge in [0, 0.05) is 35.4 Å². The van der Waals surface area contributed by atoms with Crippen LogP contribution in [-0.2, 0) is 11.2 Å². The van der Waals surface area contributed by atoms with E-state index < -0.39 is 0 Å². The normalized spacial score (nSPS) is 15.5. The average Bonchev–Trinajstić information content (AvgIpc) is 3.38. The molecule has 7 heteroatoms. The summed E-state index contributed by atoms with van der Waals surface area (Å²) >= 11 is 6.23. The predicted octanol–water partition coefficient (Wildman–Crippen LogP) is 4.19. The van der Waals surface area contributed by atoms with Crippen molar-refractivity contribution in [3.05, 3.63) is 63.6 Å². The van der Waals surface area contributed by atoms with Crippen molar-refractivity contribution in [1.29, 1.82) is 0 Å². The Hall–Kier alpha value is -2.44. The summed E-state index contributed by atoms with van der Waals surface area (Å²) in [6, 6.07) is 10.1. The predicted molar refractivity (Wildman–Crippen MR) is 124 cm³/mol. The van der Waals surface area contributed by atoms with Gasteiger partial charge in [-0.1, -0.05) is 23.7 Å². The summed E-state index contributed by atoms with van der Waals surface area (Å²) in [6.45, 7) is 8.72. The highest BCUT2D eigenvalue weighted by Crippen LogP contribution is 2.26. The van der Waals surface area contributed by atoms with Crippen LogP contribution in [0.2, 0.25) is 5.02 Å². The van der Waals surface area contributed by atoms with Crippen LogP contribution in [0.3, 0.4) is 0 Å². The summed E-state index contributed by atoms with van der Waals surface area (Å²) in [4.78, 5) is 19.8. The molecule has 0 spiro atoms. The van der Waals surface area contributed by atoms with Gasteiger partial charge in [-0.25, -0.2) is 9.50 Å². The number of amides is 1. The van der Waals surface area contributed by atoms with E-state index in [9.17, 15) is 4.79 Å². The molecule has 31 heavy (non-hydrogen) atoms. The van der Waals surface area contributed by atoms with Crippen molar-refractivity contribution in [3.63, 3.8) is 0 Å². The van der Waals surface area contributed by atoms with Gasteiger partial charge in [0.15, 0.2) is 5.65 Å². The monoisotopic (exact) mass is 439 g/mol. The van der Waals surface area contributed by atoms with Crippen molar-refractivity contribution < 1.29 is 4.79 Å². The summed E-state index contributed by atoms with van der Waals surface area (Å²) in [5, 5.41) is 8.42. The first-order valence-electron chi connectivity index (χ1n) is 11.0. The second-order valence-electron chi connectivity index (χ2n) is 8.43. The minimum Gasteiger partial charge on any atom is -0.354 e. The zero-order valence-corrected chi connectivity index (χ0v) is 19.2. The lowest BCUT2D eigenvalue weighted by atomic mass is 10.0. The largest absolute Gasteiger partial charge is 0.354 e. The molecule has 1 amide bonds. The lowest BCUT2D eigenvalue weighted by Gasteiger charge is -2.28. The van der Waals surface area contributed by atoms with Crippen LogP contribution in [-0.4, -0.2) is 45.0 Å². The third kappa shape index (κ3) is 4.91. The van der Waals surface area contributed by atoms with E-state index in [0.717, 1.165) is 52.0 Å². The number of fused-ring (bicyclic) bond motifs is 1. The van der Waals surface area contributed by atoms with Crippen molar-refractivity contribution in [2.75, 3.05) is 19.6 Å². The van der Waals surface area contributed by atoms with E-state index in [0.29, 0.717) is 19.4 Å². The van der Waals surface area contributed by atoms with Gasteiger partial charge < -0.3 is 5.32 Å². The number of aromatic nitrogens is 3. The summed E-state index contributed by atoms with van der Waals surface area (Å²) < 4.78 is 1.87. The van der Waals surface area contributed by atoms with Gasteiger partial charge in [0.25, 0.3) is 0 Å². The first kappa shape index (κ1) is 21.8. The zero-order valence-electron chi connectivity index (χ0n) is 18.5. The van der Waals surface area contributed by atoms with Crippen LogP contribution in [0.5, 0.6) is 0 Å². The van der Waals surface area contributed by atoms with Crippen LogP contribution >= 0.6 is 11.6 Å². The van der Waals surface area contributed by atoms with E-state index in [1.165, 1.54) is 12.8 Å². The SMILES string of the molecule is Cc1cc2nc(C)c(CCC(=O)NCC(c3cccc(Cl)c3)N3CCCC3)c(C)n2n1. The summed E-state index contributed by atoms with van der Waals surface area (Å²) in [7, 11) is 0. The van der Waals surface area contributed by atoms with Crippen LogP contribution in [0, 0.1) is 20.8 Å². The Kier molecular flexibility index (Phi) is 6.58. The van der Waals surface area contributed by atoms with Crippen LogP contribution in [0.25, 0.3) is 5.65 Å². The molecular formula is C24H30ClN5O. The van der Waals surface area contributed by atoms with Crippen LogP contribution in [0.15, 0.2) is 30.3 Å². The third-order valence-electron chi connectivity index (χ3n) is 6.20. The molecule has 3 heterocycles. The summed E-state index contributed by atoms with van der Waals surface area (Å²) in [5.74, 6) is 0.0572. The van der Waals surface area contributed by atoms with Crippen LogP contribution < -0.4 is 5.32 Å². The molecule has 3 aromatic rings. The highest BCUT2D eigenvalue weighted by molar-refractivity contribution is 6.30. The quantitative estimate of drug-likeness (QED) is 0.599. The highest BCUT2D eigenvalue weighted by atomic mass is 35.5. The molecule has 1 aliphatic heterocycles.